The molecule has 4 rings (SSSR count). The first-order chi connectivity index (χ1) is 17.5. The highest BCUT2D eigenvalue weighted by molar-refractivity contribution is 9.10. The van der Waals surface area contributed by atoms with Gasteiger partial charge in [-0.25, -0.2) is 13.6 Å². The molecule has 1 heterocycles. The monoisotopic (exact) mass is 586 g/mol. The van der Waals surface area contributed by atoms with E-state index < -0.39 is 59.6 Å². The first-order valence-corrected chi connectivity index (χ1v) is 11.9. The first-order valence-electron chi connectivity index (χ1n) is 11.1. The molecule has 0 radical (unpaired) electrons. The highest BCUT2D eigenvalue weighted by Crippen LogP contribution is 2.33. The van der Waals surface area contributed by atoms with Gasteiger partial charge in [-0.1, -0.05) is 46.3 Å². The van der Waals surface area contributed by atoms with E-state index in [1.54, 1.807) is 30.3 Å². The topological polar surface area (TPSA) is 78.9 Å². The minimum atomic E-state index is -4.71. The average molecular weight is 587 g/mol. The van der Waals surface area contributed by atoms with Crippen molar-refractivity contribution in [1.82, 2.24) is 5.32 Å². The van der Waals surface area contributed by atoms with Crippen LogP contribution in [0.25, 0.3) is 10.8 Å². The number of carboxylic acid groups (broad SMARTS) is 1. The van der Waals surface area contributed by atoms with Crippen LogP contribution in [0.3, 0.4) is 0 Å². The van der Waals surface area contributed by atoms with E-state index in [0.717, 1.165) is 20.1 Å². The molecule has 3 aromatic carbocycles. The third-order valence-corrected chi connectivity index (χ3v) is 6.77. The van der Waals surface area contributed by atoms with Crippen LogP contribution in [0.4, 0.5) is 27.6 Å². The van der Waals surface area contributed by atoms with E-state index in [2.05, 4.69) is 21.2 Å². The molecule has 1 amide bonds. The van der Waals surface area contributed by atoms with Crippen molar-refractivity contribution in [3.8, 4) is 0 Å². The van der Waals surface area contributed by atoms with Crippen molar-refractivity contribution >= 4 is 44.3 Å². The normalized spacial score (nSPS) is 17.0. The molecule has 2 N–H and O–H groups in total. The number of benzene rings is 3. The van der Waals surface area contributed by atoms with E-state index in [0.29, 0.717) is 17.7 Å². The molecule has 1 fully saturated rings. The molecule has 12 heteroatoms. The SMILES string of the molecule is O=C(NC(Cc1ccc(Br)c2ccccc12)C(=O)O)c1c(F)cc(N2CCOC[C@@H]2C(F)(F)F)cc1F. The second kappa shape index (κ2) is 10.6. The number of carbonyl (C=O) groups excluding carboxylic acids is 1. The van der Waals surface area contributed by atoms with E-state index >= 15 is 0 Å². The van der Waals surface area contributed by atoms with Gasteiger partial charge in [0, 0.05) is 23.1 Å². The number of ether oxygens (including phenoxy) is 1. The Kier molecular flexibility index (Phi) is 7.69. The summed E-state index contributed by atoms with van der Waals surface area (Å²) < 4.78 is 75.5. The number of amides is 1. The number of carboxylic acids is 1. The summed E-state index contributed by atoms with van der Waals surface area (Å²) in [4.78, 5) is 25.4. The molecule has 3 aromatic rings. The van der Waals surface area contributed by atoms with Gasteiger partial charge < -0.3 is 20.1 Å². The number of halogens is 6. The fourth-order valence-corrected chi connectivity index (χ4v) is 4.76. The third kappa shape index (κ3) is 5.69. The minimum absolute atomic E-state index is 0.0803. The summed E-state index contributed by atoms with van der Waals surface area (Å²) in [6.45, 7) is -1.06. The Balaban J connectivity index is 1.59. The van der Waals surface area contributed by atoms with Crippen LogP contribution in [0.5, 0.6) is 0 Å². The zero-order valence-corrected chi connectivity index (χ0v) is 20.6. The maximum atomic E-state index is 14.9. The van der Waals surface area contributed by atoms with E-state index in [1.165, 1.54) is 0 Å². The van der Waals surface area contributed by atoms with Crippen molar-refractivity contribution in [1.29, 1.82) is 0 Å². The van der Waals surface area contributed by atoms with Crippen molar-refractivity contribution < 1.29 is 41.4 Å². The van der Waals surface area contributed by atoms with Gasteiger partial charge in [0.05, 0.1) is 13.2 Å². The first kappa shape index (κ1) is 26.8. The fraction of sp³-hybridized carbons (Fsp3) is 0.280. The molecule has 1 aliphatic rings. The molecule has 6 nitrogen and oxygen atoms in total. The van der Waals surface area contributed by atoms with Crippen LogP contribution in [0, 0.1) is 11.6 Å². The van der Waals surface area contributed by atoms with Crippen molar-refractivity contribution in [2.75, 3.05) is 24.7 Å². The Morgan fingerprint density at radius 1 is 1.11 bits per heavy atom. The van der Waals surface area contributed by atoms with Crippen LogP contribution in [-0.4, -0.2) is 55.0 Å². The van der Waals surface area contributed by atoms with Crippen LogP contribution in [0.2, 0.25) is 0 Å². The van der Waals surface area contributed by atoms with E-state index in [1.807, 2.05) is 6.07 Å². The fourth-order valence-electron chi connectivity index (χ4n) is 4.28. The Bertz CT molecular complexity index is 1330. The van der Waals surface area contributed by atoms with E-state index in [9.17, 15) is 36.6 Å². The van der Waals surface area contributed by atoms with Gasteiger partial charge in [-0.05, 0) is 34.5 Å². The number of carbonyl (C=O) groups is 2. The van der Waals surface area contributed by atoms with E-state index in [-0.39, 0.29) is 19.6 Å². The van der Waals surface area contributed by atoms with Crippen LogP contribution in [0.1, 0.15) is 15.9 Å². The van der Waals surface area contributed by atoms with Crippen molar-refractivity contribution in [2.45, 2.75) is 24.7 Å². The highest BCUT2D eigenvalue weighted by atomic mass is 79.9. The van der Waals surface area contributed by atoms with Crippen LogP contribution < -0.4 is 10.2 Å². The summed E-state index contributed by atoms with van der Waals surface area (Å²) in [7, 11) is 0. The smallest absolute Gasteiger partial charge is 0.411 e. The Labute approximate surface area is 216 Å². The number of fused-ring (bicyclic) bond motifs is 1. The molecule has 196 valence electrons. The summed E-state index contributed by atoms with van der Waals surface area (Å²) in [6, 6.07) is 8.14. The number of hydrogen-bond acceptors (Lipinski definition) is 4. The largest absolute Gasteiger partial charge is 0.480 e. The number of hydrogen-bond donors (Lipinski definition) is 2. The zero-order valence-electron chi connectivity index (χ0n) is 19.0. The third-order valence-electron chi connectivity index (χ3n) is 6.08. The number of nitrogens with zero attached hydrogens (tertiary/aromatic N) is 1. The van der Waals surface area contributed by atoms with E-state index in [4.69, 9.17) is 4.74 Å². The maximum absolute atomic E-state index is 14.9. The lowest BCUT2D eigenvalue weighted by molar-refractivity contribution is -0.167. The highest BCUT2D eigenvalue weighted by Gasteiger charge is 2.45. The van der Waals surface area contributed by atoms with Gasteiger partial charge in [0.25, 0.3) is 5.91 Å². The van der Waals surface area contributed by atoms with Crippen molar-refractivity contribution in [2.24, 2.45) is 0 Å². The van der Waals surface area contributed by atoms with Gasteiger partial charge in [0.2, 0.25) is 0 Å². The lowest BCUT2D eigenvalue weighted by Gasteiger charge is -2.38. The van der Waals surface area contributed by atoms with Gasteiger partial charge in [0.15, 0.2) is 0 Å². The Morgan fingerprint density at radius 2 is 1.76 bits per heavy atom. The molecule has 0 aliphatic carbocycles. The van der Waals surface area contributed by atoms with Gasteiger partial charge in [-0.3, -0.25) is 4.79 Å². The number of morpholine rings is 1. The minimum Gasteiger partial charge on any atom is -0.480 e. The Morgan fingerprint density at radius 3 is 2.38 bits per heavy atom. The predicted octanol–water partition coefficient (Wildman–Crippen LogP) is 5.07. The van der Waals surface area contributed by atoms with Gasteiger partial charge in [-0.2, -0.15) is 13.2 Å². The van der Waals surface area contributed by atoms with Crippen LogP contribution in [0.15, 0.2) is 53.0 Å². The predicted molar refractivity (Wildman–Crippen MR) is 129 cm³/mol. The number of rotatable bonds is 6. The number of nitrogens with one attached hydrogen (secondary N) is 1. The molecular weight excluding hydrogens is 567 g/mol. The second-order valence-electron chi connectivity index (χ2n) is 8.43. The van der Waals surface area contributed by atoms with Crippen molar-refractivity contribution in [3.63, 3.8) is 0 Å². The molecule has 2 atom stereocenters. The standard InChI is InChI=1S/C25H20BrF5N2O4/c26-17-6-5-13(15-3-1-2-4-16(15)17)9-20(24(35)36)32-23(34)22-18(27)10-14(11-19(22)28)33-7-8-37-12-21(33)25(29,30)31/h1-6,10-11,20-21H,7-9,12H2,(H,32,34)(H,35,36)/t20?,21-/m1/s1. The molecule has 1 aliphatic heterocycles. The lowest BCUT2D eigenvalue weighted by Crippen LogP contribution is -2.53. The number of anilines is 1. The molecule has 37 heavy (non-hydrogen) atoms. The van der Waals surface area contributed by atoms with Gasteiger partial charge in [0.1, 0.15) is 29.3 Å². The summed E-state index contributed by atoms with van der Waals surface area (Å²) in [5.41, 5.74) is -0.922. The zero-order chi connectivity index (χ0) is 26.9. The van der Waals surface area contributed by atoms with Gasteiger partial charge >= 0.3 is 12.1 Å². The molecule has 0 aromatic heterocycles. The number of alkyl halides is 3. The summed E-state index contributed by atoms with van der Waals surface area (Å²) in [6.07, 6.45) is -4.90. The Hall–Kier alpha value is -3.25. The summed E-state index contributed by atoms with van der Waals surface area (Å²) >= 11 is 3.42. The molecule has 0 bridgehead atoms. The molecular formula is C25H20BrF5N2O4. The van der Waals surface area contributed by atoms with Crippen LogP contribution in [-0.2, 0) is 16.0 Å². The lowest BCUT2D eigenvalue weighted by atomic mass is 9.98. The van der Waals surface area contributed by atoms with Crippen molar-refractivity contribution in [3.05, 3.63) is 75.8 Å². The number of aliphatic carboxylic acids is 1. The van der Waals surface area contributed by atoms with Crippen LogP contribution >= 0.6 is 15.9 Å². The van der Waals surface area contributed by atoms with Gasteiger partial charge in [-0.15, -0.1) is 0 Å². The second-order valence-corrected chi connectivity index (χ2v) is 9.28. The molecule has 0 spiro atoms. The maximum Gasteiger partial charge on any atom is 0.411 e. The summed E-state index contributed by atoms with van der Waals surface area (Å²) in [5.74, 6) is -5.61. The molecule has 0 saturated carbocycles. The molecule has 1 unspecified atom stereocenters. The average Bonchev–Trinajstić information content (AvgIpc) is 2.84. The quantitative estimate of drug-likeness (QED) is 0.394. The molecule has 1 saturated heterocycles. The summed E-state index contributed by atoms with van der Waals surface area (Å²) in [5, 5.41) is 13.3.